The van der Waals surface area contributed by atoms with Crippen LogP contribution in [0.5, 0.6) is 0 Å². The number of rotatable bonds is 8. The van der Waals surface area contributed by atoms with E-state index in [-0.39, 0.29) is 12.2 Å². The van der Waals surface area contributed by atoms with Crippen LogP contribution < -0.4 is 0 Å². The molecule has 2 heterocycles. The predicted molar refractivity (Wildman–Crippen MR) is 79.1 cm³/mol. The third kappa shape index (κ3) is 5.46. The first-order valence-electron chi connectivity index (χ1n) is 7.31. The molecule has 1 aromatic rings. The van der Waals surface area contributed by atoms with Gasteiger partial charge in [-0.1, -0.05) is 6.07 Å². The number of carbonyl (C=O) groups excluding carboxylic acids is 2. The van der Waals surface area contributed by atoms with Gasteiger partial charge in [-0.25, -0.2) is 4.79 Å². The van der Waals surface area contributed by atoms with Gasteiger partial charge >= 0.3 is 11.9 Å². The number of cyclic esters (lactones) is 1. The van der Waals surface area contributed by atoms with Crippen LogP contribution in [0.1, 0.15) is 19.0 Å². The third-order valence-electron chi connectivity index (χ3n) is 3.19. The van der Waals surface area contributed by atoms with E-state index in [0.717, 1.165) is 24.6 Å². The smallest absolute Gasteiger partial charge is 0.333 e. The molecule has 0 aromatic carbocycles. The van der Waals surface area contributed by atoms with Gasteiger partial charge in [-0.05, 0) is 25.0 Å². The largest absolute Gasteiger partial charge is 0.455 e. The number of nitrogens with zero attached hydrogens (tertiary/aromatic N) is 1. The summed E-state index contributed by atoms with van der Waals surface area (Å²) in [4.78, 5) is 26.5. The topological polar surface area (TPSA) is 95.0 Å². The Kier molecular flexibility index (Phi) is 6.25. The summed E-state index contributed by atoms with van der Waals surface area (Å²) in [5.74, 6) is -1.20. The van der Waals surface area contributed by atoms with Gasteiger partial charge in [0.1, 0.15) is 0 Å². The second-order valence-electron chi connectivity index (χ2n) is 5.03. The van der Waals surface area contributed by atoms with Crippen LogP contribution in [0, 0.1) is 0 Å². The Balaban J connectivity index is 1.78. The molecule has 23 heavy (non-hydrogen) atoms. The number of aliphatic hydroxyl groups excluding tert-OH is 1. The molecular formula is C16H19NO6. The predicted octanol–water partition coefficient (Wildman–Crippen LogP) is 0.764. The Morgan fingerprint density at radius 2 is 2.30 bits per heavy atom. The van der Waals surface area contributed by atoms with E-state index in [2.05, 4.69) is 9.72 Å². The molecule has 0 fully saturated rings. The van der Waals surface area contributed by atoms with E-state index in [1.165, 1.54) is 6.92 Å². The fourth-order valence-corrected chi connectivity index (χ4v) is 2.16. The monoisotopic (exact) mass is 321 g/mol. The third-order valence-corrected chi connectivity index (χ3v) is 3.19. The van der Waals surface area contributed by atoms with Crippen molar-refractivity contribution in [3.8, 4) is 0 Å². The minimum atomic E-state index is -1.40. The summed E-state index contributed by atoms with van der Waals surface area (Å²) >= 11 is 0. The molecule has 2 atom stereocenters. The molecule has 2 rings (SSSR count). The van der Waals surface area contributed by atoms with Crippen molar-refractivity contribution in [1.82, 2.24) is 4.98 Å². The van der Waals surface area contributed by atoms with E-state index in [1.54, 1.807) is 6.20 Å². The second kappa shape index (κ2) is 8.40. The zero-order valence-electron chi connectivity index (χ0n) is 12.8. The van der Waals surface area contributed by atoms with Crippen molar-refractivity contribution in [3.63, 3.8) is 0 Å². The number of aryl methyl sites for hydroxylation is 1. The first-order valence-corrected chi connectivity index (χ1v) is 7.31. The lowest BCUT2D eigenvalue weighted by atomic mass is 10.1. The van der Waals surface area contributed by atoms with Crippen molar-refractivity contribution in [3.05, 3.63) is 41.7 Å². The van der Waals surface area contributed by atoms with Gasteiger partial charge < -0.3 is 19.3 Å². The first kappa shape index (κ1) is 17.1. The van der Waals surface area contributed by atoms with Crippen LogP contribution in [0.4, 0.5) is 0 Å². The van der Waals surface area contributed by atoms with E-state index >= 15 is 0 Å². The number of esters is 2. The molecule has 0 aliphatic carbocycles. The molecular weight excluding hydrogens is 302 g/mol. The van der Waals surface area contributed by atoms with Gasteiger partial charge in [0.2, 0.25) is 6.29 Å². The van der Waals surface area contributed by atoms with Crippen LogP contribution in [-0.4, -0.2) is 47.6 Å². The van der Waals surface area contributed by atoms with E-state index in [0.29, 0.717) is 6.61 Å². The molecule has 7 heteroatoms. The molecule has 2 unspecified atom stereocenters. The average Bonchev–Trinajstić information content (AvgIpc) is 2.85. The van der Waals surface area contributed by atoms with E-state index < -0.39 is 24.3 Å². The van der Waals surface area contributed by atoms with E-state index in [1.807, 2.05) is 18.2 Å². The van der Waals surface area contributed by atoms with Gasteiger partial charge in [0.25, 0.3) is 0 Å². The van der Waals surface area contributed by atoms with E-state index in [4.69, 9.17) is 9.47 Å². The molecule has 0 saturated heterocycles. The summed E-state index contributed by atoms with van der Waals surface area (Å²) in [7, 11) is 0. The summed E-state index contributed by atoms with van der Waals surface area (Å²) in [5.41, 5.74) is 1.16. The highest BCUT2D eigenvalue weighted by Crippen LogP contribution is 2.20. The molecule has 0 saturated carbocycles. The summed E-state index contributed by atoms with van der Waals surface area (Å²) in [6, 6.07) is 5.71. The molecule has 1 N–H and O–H groups in total. The SMILES string of the molecule is CC(=O)OC(COCCCc1ccccn1)C1=CC(=O)OC1O. The summed E-state index contributed by atoms with van der Waals surface area (Å²) < 4.78 is 15.2. The van der Waals surface area contributed by atoms with Crippen molar-refractivity contribution >= 4 is 11.9 Å². The van der Waals surface area contributed by atoms with Crippen molar-refractivity contribution in [1.29, 1.82) is 0 Å². The lowest BCUT2D eigenvalue weighted by Crippen LogP contribution is -2.29. The molecule has 0 radical (unpaired) electrons. The molecule has 0 amide bonds. The Morgan fingerprint density at radius 1 is 1.48 bits per heavy atom. The fourth-order valence-electron chi connectivity index (χ4n) is 2.16. The Bertz CT molecular complexity index is 571. The summed E-state index contributed by atoms with van der Waals surface area (Å²) in [6.45, 7) is 1.73. The van der Waals surface area contributed by atoms with E-state index in [9.17, 15) is 14.7 Å². The number of hydrogen-bond acceptors (Lipinski definition) is 7. The minimum absolute atomic E-state index is 0.0430. The number of pyridine rings is 1. The molecule has 0 spiro atoms. The number of aliphatic hydroxyl groups is 1. The zero-order valence-corrected chi connectivity index (χ0v) is 12.8. The highest BCUT2D eigenvalue weighted by molar-refractivity contribution is 5.86. The van der Waals surface area contributed by atoms with Gasteiger partial charge in [0.15, 0.2) is 6.10 Å². The lowest BCUT2D eigenvalue weighted by Gasteiger charge is -2.19. The Labute approximate surface area is 133 Å². The zero-order chi connectivity index (χ0) is 16.7. The van der Waals surface area contributed by atoms with Gasteiger partial charge in [-0.2, -0.15) is 0 Å². The number of ether oxygens (including phenoxy) is 3. The number of carbonyl (C=O) groups is 2. The fraction of sp³-hybridized carbons (Fsp3) is 0.438. The Hall–Kier alpha value is -2.25. The molecule has 124 valence electrons. The maximum absolute atomic E-state index is 11.2. The van der Waals surface area contributed by atoms with Gasteiger partial charge in [-0.15, -0.1) is 0 Å². The van der Waals surface area contributed by atoms with Crippen LogP contribution in [0.15, 0.2) is 36.0 Å². The highest BCUT2D eigenvalue weighted by Gasteiger charge is 2.32. The maximum atomic E-state index is 11.2. The normalized spacial score (nSPS) is 18.3. The van der Waals surface area contributed by atoms with Gasteiger partial charge in [-0.3, -0.25) is 9.78 Å². The standard InChI is InChI=1S/C16H19NO6/c1-11(18)22-14(13-9-15(19)23-16(13)20)10-21-8-4-6-12-5-2-3-7-17-12/h2-3,5,7,9,14,16,20H,4,6,8,10H2,1H3. The van der Waals surface area contributed by atoms with Crippen molar-refractivity contribution < 1.29 is 28.9 Å². The Morgan fingerprint density at radius 3 is 2.91 bits per heavy atom. The van der Waals surface area contributed by atoms with Crippen LogP contribution >= 0.6 is 0 Å². The number of hydrogen-bond donors (Lipinski definition) is 1. The molecule has 7 nitrogen and oxygen atoms in total. The van der Waals surface area contributed by atoms with Crippen molar-refractivity contribution in [2.45, 2.75) is 32.2 Å². The molecule has 0 bridgehead atoms. The molecule has 1 aliphatic heterocycles. The quantitative estimate of drug-likeness (QED) is 0.558. The van der Waals surface area contributed by atoms with Crippen LogP contribution in [0.25, 0.3) is 0 Å². The van der Waals surface area contributed by atoms with Crippen molar-refractivity contribution in [2.24, 2.45) is 0 Å². The van der Waals surface area contributed by atoms with Crippen LogP contribution in [-0.2, 0) is 30.2 Å². The van der Waals surface area contributed by atoms with Crippen molar-refractivity contribution in [2.75, 3.05) is 13.2 Å². The highest BCUT2D eigenvalue weighted by atomic mass is 16.6. The summed E-state index contributed by atoms with van der Waals surface area (Å²) in [6.07, 6.45) is 2.13. The molecule has 1 aromatic heterocycles. The number of aromatic nitrogens is 1. The van der Waals surface area contributed by atoms with Crippen LogP contribution in [0.3, 0.4) is 0 Å². The van der Waals surface area contributed by atoms with Gasteiger partial charge in [0, 0.05) is 37.1 Å². The summed E-state index contributed by atoms with van der Waals surface area (Å²) in [5, 5.41) is 9.63. The maximum Gasteiger partial charge on any atom is 0.333 e. The lowest BCUT2D eigenvalue weighted by molar-refractivity contribution is -0.155. The first-order chi connectivity index (χ1) is 11.1. The van der Waals surface area contributed by atoms with Gasteiger partial charge in [0.05, 0.1) is 6.61 Å². The molecule has 1 aliphatic rings. The minimum Gasteiger partial charge on any atom is -0.455 e. The average molecular weight is 321 g/mol. The second-order valence-corrected chi connectivity index (χ2v) is 5.03. The van der Waals surface area contributed by atoms with Crippen LogP contribution in [0.2, 0.25) is 0 Å².